The Balaban J connectivity index is 1.84. The largest absolute Gasteiger partial charge is 0.381 e. The third-order valence-corrected chi connectivity index (χ3v) is 4.58. The summed E-state index contributed by atoms with van der Waals surface area (Å²) in [5.74, 6) is 0.877. The molecule has 3 rings (SSSR count). The van der Waals surface area contributed by atoms with Crippen molar-refractivity contribution in [3.63, 3.8) is 0 Å². The topological polar surface area (TPSA) is 25.4 Å². The summed E-state index contributed by atoms with van der Waals surface area (Å²) in [6, 6.07) is 4.36. The van der Waals surface area contributed by atoms with Crippen LogP contribution in [0.4, 0.5) is 4.39 Å². The quantitative estimate of drug-likeness (QED) is 0.852. The first-order chi connectivity index (χ1) is 10.1. The Morgan fingerprint density at radius 3 is 2.86 bits per heavy atom. The molecule has 2 atom stereocenters. The SMILES string of the molecule is CC(C)c1ccc(C2CCOC2)c(CN2CC[C@H](F)C2)n1. The van der Waals surface area contributed by atoms with E-state index in [2.05, 4.69) is 30.9 Å². The molecule has 2 aliphatic heterocycles. The van der Waals surface area contributed by atoms with E-state index in [0.717, 1.165) is 44.1 Å². The standard InChI is InChI=1S/C17H25FN2O/c1-12(2)16-4-3-15(13-6-8-21-11-13)17(19-16)10-20-7-5-14(18)9-20/h3-4,12-14H,5-11H2,1-2H3/t13?,14-/m0/s1. The molecule has 3 heterocycles. The van der Waals surface area contributed by atoms with E-state index < -0.39 is 6.17 Å². The minimum atomic E-state index is -0.670. The van der Waals surface area contributed by atoms with Crippen molar-refractivity contribution >= 4 is 0 Å². The highest BCUT2D eigenvalue weighted by atomic mass is 19.1. The maximum atomic E-state index is 13.4. The van der Waals surface area contributed by atoms with Gasteiger partial charge >= 0.3 is 0 Å². The Bertz CT molecular complexity index is 486. The molecule has 2 saturated heterocycles. The zero-order valence-corrected chi connectivity index (χ0v) is 13.0. The summed E-state index contributed by atoms with van der Waals surface area (Å²) >= 11 is 0. The number of rotatable bonds is 4. The van der Waals surface area contributed by atoms with Crippen LogP contribution in [-0.2, 0) is 11.3 Å². The van der Waals surface area contributed by atoms with Gasteiger partial charge in [0.15, 0.2) is 0 Å². The van der Waals surface area contributed by atoms with Gasteiger partial charge in [0.05, 0.1) is 12.3 Å². The molecule has 2 fully saturated rings. The van der Waals surface area contributed by atoms with E-state index in [1.807, 2.05) is 0 Å². The molecule has 3 nitrogen and oxygen atoms in total. The predicted octanol–water partition coefficient (Wildman–Crippen LogP) is 3.25. The number of ether oxygens (including phenoxy) is 1. The average molecular weight is 292 g/mol. The number of halogens is 1. The molecule has 0 bridgehead atoms. The molecule has 4 heteroatoms. The van der Waals surface area contributed by atoms with E-state index >= 15 is 0 Å². The molecule has 2 aliphatic rings. The molecule has 1 aromatic heterocycles. The van der Waals surface area contributed by atoms with Crippen LogP contribution in [-0.4, -0.2) is 42.4 Å². The predicted molar refractivity (Wildman–Crippen MR) is 81.3 cm³/mol. The lowest BCUT2D eigenvalue weighted by atomic mass is 9.95. The number of aromatic nitrogens is 1. The Morgan fingerprint density at radius 2 is 2.24 bits per heavy atom. The maximum absolute atomic E-state index is 13.4. The van der Waals surface area contributed by atoms with Crippen LogP contribution < -0.4 is 0 Å². The van der Waals surface area contributed by atoms with Crippen molar-refractivity contribution < 1.29 is 9.13 Å². The molecule has 21 heavy (non-hydrogen) atoms. The first-order valence-electron chi connectivity index (χ1n) is 8.07. The van der Waals surface area contributed by atoms with Crippen LogP contribution >= 0.6 is 0 Å². The van der Waals surface area contributed by atoms with Gasteiger partial charge in [-0.25, -0.2) is 4.39 Å². The van der Waals surface area contributed by atoms with Crippen LogP contribution in [0.5, 0.6) is 0 Å². The van der Waals surface area contributed by atoms with Crippen molar-refractivity contribution in [3.8, 4) is 0 Å². The van der Waals surface area contributed by atoms with Gasteiger partial charge in [-0.2, -0.15) is 0 Å². The summed E-state index contributed by atoms with van der Waals surface area (Å²) in [6.45, 7) is 8.12. The fourth-order valence-corrected chi connectivity index (χ4v) is 3.27. The summed E-state index contributed by atoms with van der Waals surface area (Å²) in [5.41, 5.74) is 3.56. The van der Waals surface area contributed by atoms with E-state index in [9.17, 15) is 4.39 Å². The molecule has 1 aromatic rings. The van der Waals surface area contributed by atoms with Crippen LogP contribution in [0.3, 0.4) is 0 Å². The first-order valence-corrected chi connectivity index (χ1v) is 8.07. The van der Waals surface area contributed by atoms with E-state index in [-0.39, 0.29) is 0 Å². The average Bonchev–Trinajstić information content (AvgIpc) is 3.10. The van der Waals surface area contributed by atoms with Gasteiger partial charge < -0.3 is 4.74 Å². The van der Waals surface area contributed by atoms with Gasteiger partial charge in [0, 0.05) is 37.9 Å². The van der Waals surface area contributed by atoms with Gasteiger partial charge in [-0.1, -0.05) is 19.9 Å². The van der Waals surface area contributed by atoms with Gasteiger partial charge in [0.1, 0.15) is 6.17 Å². The summed E-state index contributed by atoms with van der Waals surface area (Å²) in [7, 11) is 0. The van der Waals surface area contributed by atoms with Crippen LogP contribution in [0.2, 0.25) is 0 Å². The molecule has 0 aromatic carbocycles. The minimum Gasteiger partial charge on any atom is -0.381 e. The lowest BCUT2D eigenvalue weighted by Crippen LogP contribution is -2.23. The van der Waals surface area contributed by atoms with Crippen LogP contribution in [0.1, 0.15) is 55.5 Å². The Hall–Kier alpha value is -1.00. The molecular formula is C17H25FN2O. The zero-order chi connectivity index (χ0) is 14.8. The summed E-state index contributed by atoms with van der Waals surface area (Å²) < 4.78 is 18.9. The van der Waals surface area contributed by atoms with Crippen molar-refractivity contribution in [2.75, 3.05) is 26.3 Å². The summed E-state index contributed by atoms with van der Waals surface area (Å²) in [6.07, 6.45) is 1.06. The van der Waals surface area contributed by atoms with Gasteiger partial charge in [0.25, 0.3) is 0 Å². The molecule has 0 saturated carbocycles. The van der Waals surface area contributed by atoms with Gasteiger partial charge in [0.2, 0.25) is 0 Å². The molecule has 0 radical (unpaired) electrons. The highest BCUT2D eigenvalue weighted by Gasteiger charge is 2.26. The van der Waals surface area contributed by atoms with Crippen molar-refractivity contribution in [2.24, 2.45) is 0 Å². The number of alkyl halides is 1. The number of likely N-dealkylation sites (tertiary alicyclic amines) is 1. The minimum absolute atomic E-state index is 0.421. The van der Waals surface area contributed by atoms with Crippen molar-refractivity contribution in [1.82, 2.24) is 9.88 Å². The van der Waals surface area contributed by atoms with Crippen LogP contribution in [0.15, 0.2) is 12.1 Å². The molecule has 116 valence electrons. The fraction of sp³-hybridized carbons (Fsp3) is 0.706. The second-order valence-corrected chi connectivity index (χ2v) is 6.61. The number of hydrogen-bond acceptors (Lipinski definition) is 3. The number of pyridine rings is 1. The smallest absolute Gasteiger partial charge is 0.114 e. The Morgan fingerprint density at radius 1 is 1.38 bits per heavy atom. The number of hydrogen-bond donors (Lipinski definition) is 0. The van der Waals surface area contributed by atoms with Crippen molar-refractivity contribution in [3.05, 3.63) is 29.1 Å². The third kappa shape index (κ3) is 3.43. The van der Waals surface area contributed by atoms with Gasteiger partial charge in [-0.05, 0) is 30.4 Å². The monoisotopic (exact) mass is 292 g/mol. The lowest BCUT2D eigenvalue weighted by molar-refractivity contribution is 0.193. The van der Waals surface area contributed by atoms with E-state index in [4.69, 9.17) is 9.72 Å². The molecule has 0 aliphatic carbocycles. The van der Waals surface area contributed by atoms with E-state index in [1.54, 1.807) is 0 Å². The fourth-order valence-electron chi connectivity index (χ4n) is 3.27. The second kappa shape index (κ2) is 6.41. The lowest BCUT2D eigenvalue weighted by Gasteiger charge is -2.20. The van der Waals surface area contributed by atoms with Crippen LogP contribution in [0.25, 0.3) is 0 Å². The van der Waals surface area contributed by atoms with Gasteiger partial charge in [-0.3, -0.25) is 9.88 Å². The molecule has 0 spiro atoms. The Labute approximate surface area is 126 Å². The van der Waals surface area contributed by atoms with Crippen molar-refractivity contribution in [1.29, 1.82) is 0 Å². The Kier molecular flexibility index (Phi) is 4.55. The molecule has 0 N–H and O–H groups in total. The van der Waals surface area contributed by atoms with Gasteiger partial charge in [-0.15, -0.1) is 0 Å². The van der Waals surface area contributed by atoms with Crippen LogP contribution in [0, 0.1) is 0 Å². The second-order valence-electron chi connectivity index (χ2n) is 6.61. The molecular weight excluding hydrogens is 267 g/mol. The first kappa shape index (κ1) is 14.9. The normalized spacial score (nSPS) is 26.9. The molecule has 0 amide bonds. The summed E-state index contributed by atoms with van der Waals surface area (Å²) in [4.78, 5) is 7.08. The molecule has 1 unspecified atom stereocenters. The van der Waals surface area contributed by atoms with E-state index in [1.165, 1.54) is 5.56 Å². The van der Waals surface area contributed by atoms with E-state index in [0.29, 0.717) is 24.8 Å². The maximum Gasteiger partial charge on any atom is 0.114 e. The summed E-state index contributed by atoms with van der Waals surface area (Å²) in [5, 5.41) is 0. The third-order valence-electron chi connectivity index (χ3n) is 4.58. The highest BCUT2D eigenvalue weighted by molar-refractivity contribution is 5.29. The number of nitrogens with zero attached hydrogens (tertiary/aromatic N) is 2. The van der Waals surface area contributed by atoms with Crippen molar-refractivity contribution in [2.45, 2.75) is 51.2 Å². The highest BCUT2D eigenvalue weighted by Crippen LogP contribution is 2.30. The zero-order valence-electron chi connectivity index (χ0n) is 13.0.